The zero-order chi connectivity index (χ0) is 9.10. The van der Waals surface area contributed by atoms with Gasteiger partial charge in [0.05, 0.1) is 6.54 Å². The number of nitrogens with zero attached hydrogens (tertiary/aromatic N) is 1. The molecule has 0 bridgehead atoms. The summed E-state index contributed by atoms with van der Waals surface area (Å²) in [5.74, 6) is 0.318. The lowest BCUT2D eigenvalue weighted by Gasteiger charge is -2.28. The van der Waals surface area contributed by atoms with E-state index in [0.717, 1.165) is 25.3 Å². The van der Waals surface area contributed by atoms with Crippen LogP contribution in [-0.4, -0.2) is 24.7 Å². The van der Waals surface area contributed by atoms with Gasteiger partial charge in [-0.05, 0) is 24.3 Å². The van der Waals surface area contributed by atoms with Crippen LogP contribution in [0.25, 0.3) is 0 Å². The van der Waals surface area contributed by atoms with Crippen molar-refractivity contribution in [3.05, 3.63) is 30.8 Å². The van der Waals surface area contributed by atoms with E-state index >= 15 is 0 Å². The molecule has 0 saturated carbocycles. The highest BCUT2D eigenvalue weighted by Crippen LogP contribution is 2.19. The third-order valence-electron chi connectivity index (χ3n) is 2.17. The van der Waals surface area contributed by atoms with Crippen LogP contribution in [0.4, 0.5) is 5.69 Å². The SMILES string of the molecule is Oc1ccc(N2[CH]CNCC2)cc1. The Balaban J connectivity index is 2.10. The molecule has 1 saturated heterocycles. The van der Waals surface area contributed by atoms with Crippen molar-refractivity contribution in [2.45, 2.75) is 0 Å². The molecular formula is C10H13N2O. The molecule has 0 aromatic heterocycles. The molecule has 3 heteroatoms. The van der Waals surface area contributed by atoms with Crippen molar-refractivity contribution in [2.75, 3.05) is 24.5 Å². The Morgan fingerprint density at radius 2 is 2.00 bits per heavy atom. The molecule has 2 N–H and O–H groups in total. The van der Waals surface area contributed by atoms with Gasteiger partial charge < -0.3 is 15.3 Å². The highest BCUT2D eigenvalue weighted by molar-refractivity contribution is 5.50. The van der Waals surface area contributed by atoms with Crippen molar-refractivity contribution in [1.82, 2.24) is 5.32 Å². The summed E-state index contributed by atoms with van der Waals surface area (Å²) in [6.45, 7) is 5.04. The number of benzene rings is 1. The summed E-state index contributed by atoms with van der Waals surface area (Å²) in [6, 6.07) is 7.28. The van der Waals surface area contributed by atoms with Gasteiger partial charge in [-0.15, -0.1) is 0 Å². The molecular weight excluding hydrogens is 164 g/mol. The van der Waals surface area contributed by atoms with Crippen LogP contribution in [0.5, 0.6) is 5.75 Å². The second-order valence-electron chi connectivity index (χ2n) is 3.10. The van der Waals surface area contributed by atoms with E-state index in [0.29, 0.717) is 5.75 Å². The van der Waals surface area contributed by atoms with E-state index in [1.54, 1.807) is 12.1 Å². The third kappa shape index (κ3) is 1.92. The maximum Gasteiger partial charge on any atom is 0.115 e. The Morgan fingerprint density at radius 1 is 1.23 bits per heavy atom. The summed E-state index contributed by atoms with van der Waals surface area (Å²) in [5.41, 5.74) is 1.14. The molecule has 0 atom stereocenters. The van der Waals surface area contributed by atoms with Crippen LogP contribution in [0.3, 0.4) is 0 Å². The maximum atomic E-state index is 9.11. The summed E-state index contributed by atoms with van der Waals surface area (Å²) >= 11 is 0. The first-order valence-electron chi connectivity index (χ1n) is 4.46. The standard InChI is InChI=1S/C10H13N2O/c13-10-3-1-9(2-4-10)12-7-5-11-6-8-12/h1-4,7,11,13H,5-6,8H2. The lowest BCUT2D eigenvalue weighted by Crippen LogP contribution is -2.39. The first kappa shape index (κ1) is 8.38. The predicted molar refractivity (Wildman–Crippen MR) is 52.6 cm³/mol. The predicted octanol–water partition coefficient (Wildman–Crippen LogP) is 0.964. The van der Waals surface area contributed by atoms with Gasteiger partial charge in [0.1, 0.15) is 5.75 Å². The number of phenols is 1. The van der Waals surface area contributed by atoms with E-state index in [1.807, 2.05) is 12.1 Å². The Morgan fingerprint density at radius 3 is 2.62 bits per heavy atom. The van der Waals surface area contributed by atoms with Crippen molar-refractivity contribution >= 4 is 5.69 Å². The Kier molecular flexibility index (Phi) is 2.36. The summed E-state index contributed by atoms with van der Waals surface area (Å²) in [6.07, 6.45) is 0. The van der Waals surface area contributed by atoms with Gasteiger partial charge >= 0.3 is 0 Å². The average molecular weight is 177 g/mol. The van der Waals surface area contributed by atoms with Gasteiger partial charge in [-0.3, -0.25) is 0 Å². The van der Waals surface area contributed by atoms with Crippen LogP contribution in [0.2, 0.25) is 0 Å². The second kappa shape index (κ2) is 3.66. The zero-order valence-electron chi connectivity index (χ0n) is 7.40. The monoisotopic (exact) mass is 177 g/mol. The van der Waals surface area contributed by atoms with Gasteiger partial charge in [-0.2, -0.15) is 0 Å². The van der Waals surface area contributed by atoms with Gasteiger partial charge in [-0.25, -0.2) is 0 Å². The lowest BCUT2D eigenvalue weighted by molar-refractivity contribution is 0.475. The molecule has 0 aliphatic carbocycles. The van der Waals surface area contributed by atoms with Crippen molar-refractivity contribution in [1.29, 1.82) is 0 Å². The molecule has 69 valence electrons. The normalized spacial score (nSPS) is 17.4. The molecule has 1 aromatic rings. The van der Waals surface area contributed by atoms with Crippen molar-refractivity contribution in [3.8, 4) is 5.75 Å². The molecule has 1 radical (unpaired) electrons. The molecule has 1 aliphatic heterocycles. The quantitative estimate of drug-likeness (QED) is 0.670. The molecule has 3 nitrogen and oxygen atoms in total. The fraction of sp³-hybridized carbons (Fsp3) is 0.300. The Hall–Kier alpha value is -1.22. The van der Waals surface area contributed by atoms with E-state index in [2.05, 4.69) is 16.8 Å². The van der Waals surface area contributed by atoms with Crippen LogP contribution < -0.4 is 10.2 Å². The number of nitrogens with one attached hydrogen (secondary N) is 1. The molecule has 1 aromatic carbocycles. The number of anilines is 1. The van der Waals surface area contributed by atoms with Crippen LogP contribution in [-0.2, 0) is 0 Å². The number of piperazine rings is 1. The first-order valence-corrected chi connectivity index (χ1v) is 4.46. The van der Waals surface area contributed by atoms with Crippen molar-refractivity contribution in [3.63, 3.8) is 0 Å². The summed E-state index contributed by atoms with van der Waals surface area (Å²) in [7, 11) is 0. The van der Waals surface area contributed by atoms with Crippen LogP contribution in [0, 0.1) is 6.54 Å². The largest absolute Gasteiger partial charge is 0.508 e. The minimum Gasteiger partial charge on any atom is -0.508 e. The summed E-state index contributed by atoms with van der Waals surface area (Å²) in [5, 5.41) is 12.4. The highest BCUT2D eigenvalue weighted by atomic mass is 16.3. The van der Waals surface area contributed by atoms with Gasteiger partial charge in [0.15, 0.2) is 0 Å². The highest BCUT2D eigenvalue weighted by Gasteiger charge is 2.09. The maximum absolute atomic E-state index is 9.11. The molecule has 13 heavy (non-hydrogen) atoms. The number of hydrogen-bond acceptors (Lipinski definition) is 3. The average Bonchev–Trinajstić information content (AvgIpc) is 2.20. The number of aromatic hydroxyl groups is 1. The first-order chi connectivity index (χ1) is 6.36. The summed E-state index contributed by atoms with van der Waals surface area (Å²) in [4.78, 5) is 2.19. The fourth-order valence-corrected chi connectivity index (χ4v) is 1.45. The lowest BCUT2D eigenvalue weighted by atomic mass is 10.2. The number of phenolic OH excluding ortho intramolecular Hbond substituents is 1. The van der Waals surface area contributed by atoms with E-state index in [4.69, 9.17) is 5.11 Å². The second-order valence-corrected chi connectivity index (χ2v) is 3.10. The van der Waals surface area contributed by atoms with Crippen LogP contribution in [0.15, 0.2) is 24.3 Å². The number of hydrogen-bond donors (Lipinski definition) is 2. The molecule has 1 heterocycles. The fourth-order valence-electron chi connectivity index (χ4n) is 1.45. The van der Waals surface area contributed by atoms with Crippen LogP contribution in [0.1, 0.15) is 0 Å². The van der Waals surface area contributed by atoms with Gasteiger partial charge in [0.25, 0.3) is 0 Å². The van der Waals surface area contributed by atoms with E-state index in [-0.39, 0.29) is 0 Å². The minimum absolute atomic E-state index is 0.318. The van der Waals surface area contributed by atoms with Crippen molar-refractivity contribution < 1.29 is 5.11 Å². The van der Waals surface area contributed by atoms with Gasteiger partial charge in [0.2, 0.25) is 0 Å². The molecule has 0 amide bonds. The molecule has 1 fully saturated rings. The topological polar surface area (TPSA) is 35.5 Å². The van der Waals surface area contributed by atoms with Gasteiger partial charge in [0, 0.05) is 25.3 Å². The van der Waals surface area contributed by atoms with E-state index < -0.39 is 0 Å². The van der Waals surface area contributed by atoms with E-state index in [9.17, 15) is 0 Å². The third-order valence-corrected chi connectivity index (χ3v) is 2.17. The van der Waals surface area contributed by atoms with Crippen LogP contribution >= 0.6 is 0 Å². The molecule has 0 spiro atoms. The molecule has 0 unspecified atom stereocenters. The molecule has 1 aliphatic rings. The Bertz CT molecular complexity index is 265. The minimum atomic E-state index is 0.318. The summed E-state index contributed by atoms with van der Waals surface area (Å²) < 4.78 is 0. The smallest absolute Gasteiger partial charge is 0.115 e. The zero-order valence-corrected chi connectivity index (χ0v) is 7.40. The molecule has 2 rings (SSSR count). The van der Waals surface area contributed by atoms with E-state index in [1.165, 1.54) is 0 Å². The van der Waals surface area contributed by atoms with Gasteiger partial charge in [-0.1, -0.05) is 0 Å². The van der Waals surface area contributed by atoms with Crippen molar-refractivity contribution in [2.24, 2.45) is 0 Å². The number of rotatable bonds is 1. The Labute approximate surface area is 78.0 Å².